The van der Waals surface area contributed by atoms with Gasteiger partial charge in [-0.2, -0.15) is 0 Å². The van der Waals surface area contributed by atoms with E-state index in [2.05, 4.69) is 4.98 Å². The predicted octanol–water partition coefficient (Wildman–Crippen LogP) is 0.395. The minimum atomic E-state index is -1.59. The van der Waals surface area contributed by atoms with Crippen molar-refractivity contribution in [3.05, 3.63) is 18.3 Å². The van der Waals surface area contributed by atoms with Gasteiger partial charge < -0.3 is 15.2 Å². The Morgan fingerprint density at radius 3 is 2.23 bits per heavy atom. The number of hydrogen-bond acceptors (Lipinski definition) is 5. The molecule has 0 aromatic carbocycles. The zero-order chi connectivity index (χ0) is 17.1. The Kier molecular flexibility index (Phi) is 9.81. The highest BCUT2D eigenvalue weighted by Crippen LogP contribution is 2.10. The van der Waals surface area contributed by atoms with E-state index in [0.29, 0.717) is 18.7 Å². The first kappa shape index (κ1) is 20.1. The van der Waals surface area contributed by atoms with Gasteiger partial charge in [-0.1, -0.05) is 19.9 Å². The van der Waals surface area contributed by atoms with E-state index >= 15 is 0 Å². The van der Waals surface area contributed by atoms with Crippen molar-refractivity contribution in [3.8, 4) is 0 Å². The number of aromatic nitrogens is 1. The lowest BCUT2D eigenvalue weighted by molar-refractivity contribution is -0.137. The van der Waals surface area contributed by atoms with E-state index in [1.807, 2.05) is 13.8 Å². The molecule has 0 atom stereocenters. The SMILES string of the molecule is CC.CN(C(=O)CCCCC(=O)O)c1ccc(B(O)O)cn1. The summed E-state index contributed by atoms with van der Waals surface area (Å²) in [6, 6.07) is 2.99. The van der Waals surface area contributed by atoms with Gasteiger partial charge >= 0.3 is 13.1 Å². The van der Waals surface area contributed by atoms with Crippen molar-refractivity contribution < 1.29 is 24.7 Å². The molecule has 0 aliphatic rings. The van der Waals surface area contributed by atoms with E-state index in [1.54, 1.807) is 7.05 Å². The molecule has 0 bridgehead atoms. The maximum atomic E-state index is 11.8. The number of rotatable bonds is 7. The summed E-state index contributed by atoms with van der Waals surface area (Å²) in [4.78, 5) is 27.5. The van der Waals surface area contributed by atoms with Crippen LogP contribution in [0.5, 0.6) is 0 Å². The Labute approximate surface area is 130 Å². The first-order valence-corrected chi connectivity index (χ1v) is 7.22. The van der Waals surface area contributed by atoms with Crippen LogP contribution < -0.4 is 10.4 Å². The van der Waals surface area contributed by atoms with Crippen LogP contribution in [-0.2, 0) is 9.59 Å². The van der Waals surface area contributed by atoms with Crippen LogP contribution in [0.25, 0.3) is 0 Å². The van der Waals surface area contributed by atoms with Crippen LogP contribution in [0.2, 0.25) is 0 Å². The van der Waals surface area contributed by atoms with Crippen molar-refractivity contribution >= 4 is 30.3 Å². The lowest BCUT2D eigenvalue weighted by Crippen LogP contribution is -2.32. The Bertz CT molecular complexity index is 465. The second kappa shape index (κ2) is 10.8. The van der Waals surface area contributed by atoms with Crippen LogP contribution in [-0.4, -0.2) is 46.2 Å². The summed E-state index contributed by atoms with van der Waals surface area (Å²) < 4.78 is 0. The van der Waals surface area contributed by atoms with E-state index in [9.17, 15) is 9.59 Å². The Balaban J connectivity index is 0.00000211. The number of aliphatic carboxylic acids is 1. The smallest absolute Gasteiger partial charge is 0.481 e. The number of carbonyl (C=O) groups is 2. The van der Waals surface area contributed by atoms with Gasteiger partial charge in [-0.15, -0.1) is 0 Å². The number of carboxylic acid groups (broad SMARTS) is 1. The monoisotopic (exact) mass is 310 g/mol. The highest BCUT2D eigenvalue weighted by atomic mass is 16.4. The molecule has 1 heterocycles. The molecular formula is C14H23BN2O5. The summed E-state index contributed by atoms with van der Waals surface area (Å²) in [6.07, 6.45) is 2.54. The lowest BCUT2D eigenvalue weighted by atomic mass is 9.82. The van der Waals surface area contributed by atoms with Crippen molar-refractivity contribution in [1.82, 2.24) is 4.98 Å². The minimum Gasteiger partial charge on any atom is -0.481 e. The number of unbranched alkanes of at least 4 members (excludes halogenated alkanes) is 1. The fourth-order valence-corrected chi connectivity index (χ4v) is 1.60. The third-order valence-corrected chi connectivity index (χ3v) is 2.82. The fraction of sp³-hybridized carbons (Fsp3) is 0.500. The second-order valence-electron chi connectivity index (χ2n) is 4.38. The molecule has 7 nitrogen and oxygen atoms in total. The molecule has 1 aromatic rings. The van der Waals surface area contributed by atoms with Gasteiger partial charge in [0.2, 0.25) is 5.91 Å². The van der Waals surface area contributed by atoms with Crippen molar-refractivity contribution in [3.63, 3.8) is 0 Å². The molecule has 0 fully saturated rings. The summed E-state index contributed by atoms with van der Waals surface area (Å²) in [5.41, 5.74) is 0.246. The van der Waals surface area contributed by atoms with Crippen LogP contribution in [0.1, 0.15) is 39.5 Å². The fourth-order valence-electron chi connectivity index (χ4n) is 1.60. The standard InChI is InChI=1S/C12H17BN2O5.C2H6/c1-15(11(16)4-2-3-5-12(17)18)10-7-6-9(8-14-10)13(19)20;1-2/h6-8,19-20H,2-5H2,1H3,(H,17,18);1-2H3. The van der Waals surface area contributed by atoms with Crippen molar-refractivity contribution in [2.75, 3.05) is 11.9 Å². The van der Waals surface area contributed by atoms with Crippen LogP contribution in [0.15, 0.2) is 18.3 Å². The van der Waals surface area contributed by atoms with Gasteiger partial charge in [0, 0.05) is 31.5 Å². The molecular weight excluding hydrogens is 287 g/mol. The molecule has 22 heavy (non-hydrogen) atoms. The molecule has 3 N–H and O–H groups in total. The maximum Gasteiger partial charge on any atom is 0.490 e. The predicted molar refractivity (Wildman–Crippen MR) is 84.9 cm³/mol. The molecule has 1 amide bonds. The van der Waals surface area contributed by atoms with Gasteiger partial charge in [-0.05, 0) is 18.9 Å². The summed E-state index contributed by atoms with van der Waals surface area (Å²) in [7, 11) is -0.0229. The van der Waals surface area contributed by atoms with E-state index in [4.69, 9.17) is 15.2 Å². The number of anilines is 1. The molecule has 0 spiro atoms. The number of pyridine rings is 1. The first-order chi connectivity index (χ1) is 10.4. The molecule has 0 saturated carbocycles. The van der Waals surface area contributed by atoms with E-state index < -0.39 is 13.1 Å². The highest BCUT2D eigenvalue weighted by Gasteiger charge is 2.15. The van der Waals surface area contributed by atoms with Crippen molar-refractivity contribution in [2.24, 2.45) is 0 Å². The Hall–Kier alpha value is -1.93. The molecule has 0 saturated heterocycles. The van der Waals surface area contributed by atoms with Crippen molar-refractivity contribution in [2.45, 2.75) is 39.5 Å². The lowest BCUT2D eigenvalue weighted by Gasteiger charge is -2.16. The molecule has 0 aliphatic carbocycles. The normalized spacial score (nSPS) is 9.50. The maximum absolute atomic E-state index is 11.8. The summed E-state index contributed by atoms with van der Waals surface area (Å²) in [5.74, 6) is -0.636. The van der Waals surface area contributed by atoms with Crippen LogP contribution in [0.4, 0.5) is 5.82 Å². The van der Waals surface area contributed by atoms with Crippen LogP contribution in [0, 0.1) is 0 Å². The number of hydrogen-bond donors (Lipinski definition) is 3. The Morgan fingerprint density at radius 2 is 1.77 bits per heavy atom. The van der Waals surface area contributed by atoms with Crippen LogP contribution >= 0.6 is 0 Å². The number of nitrogens with zero attached hydrogens (tertiary/aromatic N) is 2. The zero-order valence-corrected chi connectivity index (χ0v) is 13.2. The molecule has 1 rings (SSSR count). The summed E-state index contributed by atoms with van der Waals surface area (Å²) in [5, 5.41) is 26.4. The van der Waals surface area contributed by atoms with Gasteiger partial charge in [0.1, 0.15) is 5.82 Å². The average molecular weight is 310 g/mol. The molecule has 0 radical (unpaired) electrons. The number of carboxylic acids is 1. The zero-order valence-electron chi connectivity index (χ0n) is 13.2. The summed E-state index contributed by atoms with van der Waals surface area (Å²) in [6.45, 7) is 4.00. The molecule has 1 aromatic heterocycles. The first-order valence-electron chi connectivity index (χ1n) is 7.22. The van der Waals surface area contributed by atoms with E-state index in [0.717, 1.165) is 0 Å². The summed E-state index contributed by atoms with van der Waals surface area (Å²) >= 11 is 0. The highest BCUT2D eigenvalue weighted by molar-refractivity contribution is 6.58. The molecule has 122 valence electrons. The van der Waals surface area contributed by atoms with Crippen molar-refractivity contribution in [1.29, 1.82) is 0 Å². The minimum absolute atomic E-state index is 0.0539. The molecule has 0 unspecified atom stereocenters. The van der Waals surface area contributed by atoms with Gasteiger partial charge in [0.05, 0.1) is 0 Å². The van der Waals surface area contributed by atoms with E-state index in [-0.39, 0.29) is 24.2 Å². The van der Waals surface area contributed by atoms with Gasteiger partial charge in [-0.3, -0.25) is 14.5 Å². The van der Waals surface area contributed by atoms with Gasteiger partial charge in [-0.25, -0.2) is 4.98 Å². The molecule has 0 aliphatic heterocycles. The molecule has 8 heteroatoms. The second-order valence-corrected chi connectivity index (χ2v) is 4.38. The number of amides is 1. The van der Waals surface area contributed by atoms with Gasteiger partial charge in [0.15, 0.2) is 0 Å². The van der Waals surface area contributed by atoms with Crippen LogP contribution in [0.3, 0.4) is 0 Å². The van der Waals surface area contributed by atoms with E-state index in [1.165, 1.54) is 23.2 Å². The quantitative estimate of drug-likeness (QED) is 0.496. The van der Waals surface area contributed by atoms with Gasteiger partial charge in [0.25, 0.3) is 0 Å². The topological polar surface area (TPSA) is 111 Å². The third kappa shape index (κ3) is 7.19. The average Bonchev–Trinajstić information content (AvgIpc) is 2.52. The number of carbonyl (C=O) groups excluding carboxylic acids is 1. The largest absolute Gasteiger partial charge is 0.490 e. The Morgan fingerprint density at radius 1 is 1.18 bits per heavy atom. The third-order valence-electron chi connectivity index (χ3n) is 2.82.